The van der Waals surface area contributed by atoms with Crippen molar-refractivity contribution in [1.29, 1.82) is 0 Å². The Morgan fingerprint density at radius 3 is 1.81 bits per heavy atom. The minimum atomic E-state index is 0.0119. The van der Waals surface area contributed by atoms with Gasteiger partial charge in [0.15, 0.2) is 23.0 Å². The predicted molar refractivity (Wildman–Crippen MR) is 125 cm³/mol. The molecule has 0 saturated carbocycles. The van der Waals surface area contributed by atoms with Crippen molar-refractivity contribution >= 4 is 35.4 Å². The molecule has 160 valence electrons. The fraction of sp³-hybridized carbons (Fsp3) is 0.167. The molecule has 0 atom stereocenters. The van der Waals surface area contributed by atoms with Crippen LogP contribution in [0.3, 0.4) is 0 Å². The SMILES string of the molecule is CCOc1cccc(C=Nc2ccc(Cl)cc2N=Cc2cccc(OCC)c2O)c1O. The first-order valence-electron chi connectivity index (χ1n) is 9.80. The van der Waals surface area contributed by atoms with E-state index in [0.717, 1.165) is 0 Å². The lowest BCUT2D eigenvalue weighted by Gasteiger charge is -2.08. The Balaban J connectivity index is 1.92. The zero-order valence-corrected chi connectivity index (χ0v) is 18.0. The van der Waals surface area contributed by atoms with Crippen LogP contribution in [0.2, 0.25) is 5.02 Å². The first-order chi connectivity index (χ1) is 15.0. The number of phenols is 2. The van der Waals surface area contributed by atoms with Gasteiger partial charge in [0.05, 0.1) is 24.6 Å². The number of rotatable bonds is 8. The van der Waals surface area contributed by atoms with Crippen molar-refractivity contribution in [2.24, 2.45) is 9.98 Å². The minimum absolute atomic E-state index is 0.0119. The third-order valence-corrected chi connectivity index (χ3v) is 4.52. The third-order valence-electron chi connectivity index (χ3n) is 4.28. The van der Waals surface area contributed by atoms with Gasteiger partial charge in [-0.2, -0.15) is 0 Å². The molecular weight excluding hydrogens is 416 g/mol. The van der Waals surface area contributed by atoms with Crippen molar-refractivity contribution in [2.45, 2.75) is 13.8 Å². The molecule has 0 radical (unpaired) electrons. The van der Waals surface area contributed by atoms with Crippen LogP contribution in [0.5, 0.6) is 23.0 Å². The maximum absolute atomic E-state index is 10.4. The Morgan fingerprint density at radius 2 is 1.29 bits per heavy atom. The molecule has 0 fully saturated rings. The quantitative estimate of drug-likeness (QED) is 0.419. The number of phenolic OH excluding ortho intramolecular Hbond substituents is 2. The van der Waals surface area contributed by atoms with Gasteiger partial charge in [0.2, 0.25) is 0 Å². The van der Waals surface area contributed by atoms with Crippen LogP contribution in [0.15, 0.2) is 64.6 Å². The summed E-state index contributed by atoms with van der Waals surface area (Å²) < 4.78 is 10.8. The van der Waals surface area contributed by atoms with Crippen LogP contribution in [-0.4, -0.2) is 35.9 Å². The summed E-state index contributed by atoms with van der Waals surface area (Å²) in [5.41, 5.74) is 2.06. The smallest absolute Gasteiger partial charge is 0.166 e. The first-order valence-corrected chi connectivity index (χ1v) is 10.2. The largest absolute Gasteiger partial charge is 0.504 e. The number of benzene rings is 3. The van der Waals surface area contributed by atoms with Crippen LogP contribution in [0, 0.1) is 0 Å². The highest BCUT2D eigenvalue weighted by Gasteiger charge is 2.08. The van der Waals surface area contributed by atoms with Crippen LogP contribution >= 0.6 is 11.6 Å². The molecular formula is C24H23ClN2O4. The van der Waals surface area contributed by atoms with E-state index < -0.39 is 0 Å². The van der Waals surface area contributed by atoms with Gasteiger partial charge in [0, 0.05) is 28.6 Å². The van der Waals surface area contributed by atoms with Crippen LogP contribution in [0.25, 0.3) is 0 Å². The van der Waals surface area contributed by atoms with E-state index in [2.05, 4.69) is 9.98 Å². The average molecular weight is 439 g/mol. The maximum Gasteiger partial charge on any atom is 0.166 e. The molecule has 3 aromatic carbocycles. The molecule has 2 N–H and O–H groups in total. The number of aromatic hydroxyl groups is 2. The van der Waals surface area contributed by atoms with Crippen molar-refractivity contribution < 1.29 is 19.7 Å². The van der Waals surface area contributed by atoms with Crippen LogP contribution in [0.1, 0.15) is 25.0 Å². The summed E-state index contributed by atoms with van der Waals surface area (Å²) in [5, 5.41) is 21.2. The highest BCUT2D eigenvalue weighted by molar-refractivity contribution is 6.31. The molecule has 0 heterocycles. The average Bonchev–Trinajstić information content (AvgIpc) is 2.76. The van der Waals surface area contributed by atoms with Gasteiger partial charge in [-0.25, -0.2) is 0 Å². The Morgan fingerprint density at radius 1 is 0.774 bits per heavy atom. The second-order valence-corrected chi connectivity index (χ2v) is 6.84. The van der Waals surface area contributed by atoms with Crippen LogP contribution < -0.4 is 9.47 Å². The molecule has 0 saturated heterocycles. The lowest BCUT2D eigenvalue weighted by Crippen LogP contribution is -1.93. The normalized spacial score (nSPS) is 11.3. The molecule has 0 aliphatic carbocycles. The Labute approximate surface area is 186 Å². The van der Waals surface area contributed by atoms with Gasteiger partial charge in [-0.15, -0.1) is 0 Å². The molecule has 3 aromatic rings. The van der Waals surface area contributed by atoms with Gasteiger partial charge in [0.1, 0.15) is 0 Å². The molecule has 3 rings (SSSR count). The molecule has 7 heteroatoms. The zero-order valence-electron chi connectivity index (χ0n) is 17.2. The van der Waals surface area contributed by atoms with E-state index in [1.54, 1.807) is 54.6 Å². The van der Waals surface area contributed by atoms with Crippen LogP contribution in [-0.2, 0) is 0 Å². The highest BCUT2D eigenvalue weighted by atomic mass is 35.5. The fourth-order valence-electron chi connectivity index (χ4n) is 2.82. The van der Waals surface area contributed by atoms with E-state index in [1.807, 2.05) is 13.8 Å². The van der Waals surface area contributed by atoms with E-state index in [1.165, 1.54) is 12.4 Å². The van der Waals surface area contributed by atoms with Gasteiger partial charge >= 0.3 is 0 Å². The summed E-state index contributed by atoms with van der Waals surface area (Å²) in [6.45, 7) is 4.58. The standard InChI is InChI=1S/C24H23ClN2O4/c1-3-30-21-9-5-7-16(23(21)28)14-26-19-12-11-18(25)13-20(19)27-15-17-8-6-10-22(24(17)29)31-4-2/h5-15,28-29H,3-4H2,1-2H3. The molecule has 31 heavy (non-hydrogen) atoms. The first kappa shape index (κ1) is 22.2. The number of nitrogens with zero attached hydrogens (tertiary/aromatic N) is 2. The molecule has 0 spiro atoms. The number of aliphatic imine (C=N–C) groups is 2. The van der Waals surface area contributed by atoms with Gasteiger partial charge < -0.3 is 19.7 Å². The van der Waals surface area contributed by atoms with E-state index >= 15 is 0 Å². The third kappa shape index (κ3) is 5.55. The van der Waals surface area contributed by atoms with Crippen molar-refractivity contribution in [2.75, 3.05) is 13.2 Å². The Kier molecular flexibility index (Phi) is 7.51. The van der Waals surface area contributed by atoms with Gasteiger partial charge in [-0.3, -0.25) is 9.98 Å². The highest BCUT2D eigenvalue weighted by Crippen LogP contribution is 2.34. The molecule has 0 bridgehead atoms. The summed E-state index contributed by atoms with van der Waals surface area (Å²) in [6.07, 6.45) is 3.06. The number of ether oxygens (including phenoxy) is 2. The second-order valence-electron chi connectivity index (χ2n) is 6.40. The Bertz CT molecular complexity index is 1110. The topological polar surface area (TPSA) is 83.6 Å². The summed E-state index contributed by atoms with van der Waals surface area (Å²) in [7, 11) is 0. The number of hydrogen-bond acceptors (Lipinski definition) is 6. The molecule has 0 aliphatic rings. The number of hydrogen-bond donors (Lipinski definition) is 2. The summed E-state index contributed by atoms with van der Waals surface area (Å²) in [6, 6.07) is 15.5. The van der Waals surface area contributed by atoms with E-state index in [4.69, 9.17) is 21.1 Å². The molecule has 0 aliphatic heterocycles. The number of halogens is 1. The summed E-state index contributed by atoms with van der Waals surface area (Å²) >= 11 is 6.14. The van der Waals surface area contributed by atoms with Crippen molar-refractivity contribution in [3.8, 4) is 23.0 Å². The summed E-state index contributed by atoms with van der Waals surface area (Å²) in [5.74, 6) is 0.813. The van der Waals surface area contributed by atoms with E-state index in [-0.39, 0.29) is 11.5 Å². The number of para-hydroxylation sites is 2. The Hall–Kier alpha value is -3.51. The van der Waals surface area contributed by atoms with Crippen molar-refractivity contribution in [3.63, 3.8) is 0 Å². The predicted octanol–water partition coefficient (Wildman–Crippen LogP) is 6.05. The maximum atomic E-state index is 10.4. The monoisotopic (exact) mass is 438 g/mol. The molecule has 0 aromatic heterocycles. The lowest BCUT2D eigenvalue weighted by atomic mass is 10.2. The lowest BCUT2D eigenvalue weighted by molar-refractivity contribution is 0.318. The molecule has 0 unspecified atom stereocenters. The molecule has 6 nitrogen and oxygen atoms in total. The molecule has 0 amide bonds. The van der Waals surface area contributed by atoms with E-state index in [0.29, 0.717) is 52.2 Å². The summed E-state index contributed by atoms with van der Waals surface area (Å²) in [4.78, 5) is 8.92. The van der Waals surface area contributed by atoms with Gasteiger partial charge in [0.25, 0.3) is 0 Å². The van der Waals surface area contributed by atoms with E-state index in [9.17, 15) is 10.2 Å². The van der Waals surface area contributed by atoms with Crippen molar-refractivity contribution in [1.82, 2.24) is 0 Å². The fourth-order valence-corrected chi connectivity index (χ4v) is 2.98. The van der Waals surface area contributed by atoms with Crippen molar-refractivity contribution in [3.05, 3.63) is 70.7 Å². The minimum Gasteiger partial charge on any atom is -0.504 e. The van der Waals surface area contributed by atoms with Gasteiger partial charge in [-0.05, 0) is 56.3 Å². The zero-order chi connectivity index (χ0) is 22.2. The second kappa shape index (κ2) is 10.5. The van der Waals surface area contributed by atoms with Gasteiger partial charge in [-0.1, -0.05) is 23.7 Å². The van der Waals surface area contributed by atoms with Crippen LogP contribution in [0.4, 0.5) is 11.4 Å².